The topological polar surface area (TPSA) is 15.6 Å². The zero-order chi connectivity index (χ0) is 10.6. The number of benzene rings is 1. The van der Waals surface area contributed by atoms with Gasteiger partial charge in [0.25, 0.3) is 0 Å². The summed E-state index contributed by atoms with van der Waals surface area (Å²) in [6.07, 6.45) is 0. The molecule has 0 heterocycles. The van der Waals surface area contributed by atoms with E-state index in [2.05, 4.69) is 31.1 Å². The second kappa shape index (κ2) is 4.80. The van der Waals surface area contributed by atoms with Gasteiger partial charge in [0.2, 0.25) is 0 Å². The first-order valence-electron chi connectivity index (χ1n) is 4.92. The third-order valence-electron chi connectivity index (χ3n) is 1.92. The Kier molecular flexibility index (Phi) is 3.69. The van der Waals surface area contributed by atoms with Crippen LogP contribution in [0, 0.1) is 5.92 Å². The molecule has 0 N–H and O–H groups in total. The van der Waals surface area contributed by atoms with E-state index in [1.807, 2.05) is 37.3 Å². The van der Waals surface area contributed by atoms with Crippen molar-refractivity contribution in [2.24, 2.45) is 11.0 Å². The zero-order valence-corrected chi connectivity index (χ0v) is 9.36. The van der Waals surface area contributed by atoms with Crippen molar-refractivity contribution < 1.29 is 0 Å². The van der Waals surface area contributed by atoms with Gasteiger partial charge in [-0.05, 0) is 11.5 Å². The van der Waals surface area contributed by atoms with Gasteiger partial charge in [-0.1, -0.05) is 44.2 Å². The van der Waals surface area contributed by atoms with Crippen molar-refractivity contribution in [3.05, 3.63) is 35.9 Å². The lowest BCUT2D eigenvalue weighted by atomic mass is 10.0. The quantitative estimate of drug-likeness (QED) is 0.528. The third kappa shape index (κ3) is 2.87. The zero-order valence-electron chi connectivity index (χ0n) is 9.36. The summed E-state index contributed by atoms with van der Waals surface area (Å²) in [5.41, 5.74) is 2.34. The lowest BCUT2D eigenvalue weighted by Crippen LogP contribution is -2.15. The Morgan fingerprint density at radius 1 is 1.14 bits per heavy atom. The number of hydrazone groups is 1. The fraction of sp³-hybridized carbons (Fsp3) is 0.417. The van der Waals surface area contributed by atoms with E-state index in [1.54, 1.807) is 0 Å². The largest absolute Gasteiger partial charge is 0.303 e. The predicted molar refractivity (Wildman–Crippen MR) is 61.5 cm³/mol. The van der Waals surface area contributed by atoms with Gasteiger partial charge in [0.15, 0.2) is 0 Å². The van der Waals surface area contributed by atoms with Crippen molar-refractivity contribution >= 4 is 5.71 Å². The van der Waals surface area contributed by atoms with Crippen LogP contribution in [0.25, 0.3) is 0 Å². The molecule has 76 valence electrons. The normalized spacial score (nSPS) is 11.9. The molecule has 2 nitrogen and oxygen atoms in total. The second-order valence-corrected chi connectivity index (χ2v) is 3.85. The third-order valence-corrected chi connectivity index (χ3v) is 1.92. The molecule has 0 unspecified atom stereocenters. The minimum Gasteiger partial charge on any atom is -0.303 e. The van der Waals surface area contributed by atoms with Crippen LogP contribution in [-0.2, 0) is 0 Å². The highest BCUT2D eigenvalue weighted by atomic mass is 15.4. The minimum atomic E-state index is 0.444. The molecule has 0 saturated heterocycles. The van der Waals surface area contributed by atoms with Crippen molar-refractivity contribution in [3.8, 4) is 0 Å². The van der Waals surface area contributed by atoms with Crippen molar-refractivity contribution in [3.63, 3.8) is 0 Å². The summed E-state index contributed by atoms with van der Waals surface area (Å²) in [7, 11) is 3.90. The highest BCUT2D eigenvalue weighted by Gasteiger charge is 2.07. The molecule has 0 aliphatic carbocycles. The molecule has 0 atom stereocenters. The Balaban J connectivity index is 3.01. The molecule has 0 fully saturated rings. The average Bonchev–Trinajstić information content (AvgIpc) is 2.15. The molecule has 0 amide bonds. The van der Waals surface area contributed by atoms with Gasteiger partial charge in [0.1, 0.15) is 0 Å². The fourth-order valence-corrected chi connectivity index (χ4v) is 1.33. The highest BCUT2D eigenvalue weighted by Crippen LogP contribution is 2.09. The van der Waals surface area contributed by atoms with Crippen molar-refractivity contribution in [1.29, 1.82) is 0 Å². The van der Waals surface area contributed by atoms with Crippen LogP contribution < -0.4 is 0 Å². The molecular formula is C12H18N2. The van der Waals surface area contributed by atoms with Gasteiger partial charge in [-0.25, -0.2) is 0 Å². The molecule has 1 rings (SSSR count). The van der Waals surface area contributed by atoms with Gasteiger partial charge in [-0.3, -0.25) is 0 Å². The Hall–Kier alpha value is -1.31. The van der Waals surface area contributed by atoms with Gasteiger partial charge in [0, 0.05) is 14.1 Å². The Morgan fingerprint density at radius 2 is 1.71 bits per heavy atom. The summed E-state index contributed by atoms with van der Waals surface area (Å²) in [6, 6.07) is 10.3. The number of nitrogens with zero attached hydrogens (tertiary/aromatic N) is 2. The fourth-order valence-electron chi connectivity index (χ4n) is 1.33. The molecule has 14 heavy (non-hydrogen) atoms. The van der Waals surface area contributed by atoms with Crippen LogP contribution in [0.2, 0.25) is 0 Å². The van der Waals surface area contributed by atoms with E-state index < -0.39 is 0 Å². The SMILES string of the molecule is CC(C)/C(=N/N(C)C)c1ccccc1. The maximum absolute atomic E-state index is 4.50. The van der Waals surface area contributed by atoms with Gasteiger partial charge >= 0.3 is 0 Å². The van der Waals surface area contributed by atoms with Crippen LogP contribution in [0.3, 0.4) is 0 Å². The van der Waals surface area contributed by atoms with Crippen LogP contribution in [0.4, 0.5) is 0 Å². The van der Waals surface area contributed by atoms with Crippen LogP contribution in [0.1, 0.15) is 19.4 Å². The Labute approximate surface area is 86.2 Å². The van der Waals surface area contributed by atoms with Crippen LogP contribution in [-0.4, -0.2) is 24.8 Å². The molecule has 1 aromatic carbocycles. The first kappa shape index (κ1) is 10.8. The lowest BCUT2D eigenvalue weighted by Gasteiger charge is -2.13. The average molecular weight is 190 g/mol. The first-order valence-corrected chi connectivity index (χ1v) is 4.92. The molecule has 0 aliphatic rings. The van der Waals surface area contributed by atoms with Crippen LogP contribution in [0.5, 0.6) is 0 Å². The highest BCUT2D eigenvalue weighted by molar-refractivity contribution is 6.01. The molecule has 1 aromatic rings. The van der Waals surface area contributed by atoms with Crippen LogP contribution >= 0.6 is 0 Å². The Bertz CT molecular complexity index is 299. The molecular weight excluding hydrogens is 172 g/mol. The van der Waals surface area contributed by atoms with Gasteiger partial charge in [0.05, 0.1) is 5.71 Å². The molecule has 0 bridgehead atoms. The van der Waals surface area contributed by atoms with E-state index in [9.17, 15) is 0 Å². The van der Waals surface area contributed by atoms with Crippen molar-refractivity contribution in [2.75, 3.05) is 14.1 Å². The first-order chi connectivity index (χ1) is 6.61. The smallest absolute Gasteiger partial charge is 0.0702 e. The lowest BCUT2D eigenvalue weighted by molar-refractivity contribution is 0.434. The standard InChI is InChI=1S/C12H18N2/c1-10(2)12(13-14(3)4)11-8-6-5-7-9-11/h5-10H,1-4H3/b13-12-. The summed E-state index contributed by atoms with van der Waals surface area (Å²) in [4.78, 5) is 0. The van der Waals surface area contributed by atoms with E-state index in [4.69, 9.17) is 0 Å². The molecule has 0 spiro atoms. The molecule has 0 aliphatic heterocycles. The summed E-state index contributed by atoms with van der Waals surface area (Å²) in [5.74, 6) is 0.444. The maximum Gasteiger partial charge on any atom is 0.0702 e. The Morgan fingerprint density at radius 3 is 2.14 bits per heavy atom. The summed E-state index contributed by atoms with van der Waals surface area (Å²) < 4.78 is 0. The summed E-state index contributed by atoms with van der Waals surface area (Å²) in [5, 5.41) is 6.35. The number of hydrogen-bond donors (Lipinski definition) is 0. The summed E-state index contributed by atoms with van der Waals surface area (Å²) >= 11 is 0. The molecule has 2 heteroatoms. The predicted octanol–water partition coefficient (Wildman–Crippen LogP) is 2.61. The number of rotatable bonds is 3. The van der Waals surface area contributed by atoms with Gasteiger partial charge in [-0.2, -0.15) is 5.10 Å². The molecule has 0 radical (unpaired) electrons. The number of hydrogen-bond acceptors (Lipinski definition) is 2. The van der Waals surface area contributed by atoms with E-state index >= 15 is 0 Å². The van der Waals surface area contributed by atoms with E-state index in [-0.39, 0.29) is 0 Å². The minimum absolute atomic E-state index is 0.444. The van der Waals surface area contributed by atoms with Crippen molar-refractivity contribution in [1.82, 2.24) is 5.01 Å². The van der Waals surface area contributed by atoms with E-state index in [0.717, 1.165) is 5.71 Å². The van der Waals surface area contributed by atoms with E-state index in [0.29, 0.717) is 5.92 Å². The molecule has 0 saturated carbocycles. The maximum atomic E-state index is 4.50. The van der Waals surface area contributed by atoms with Crippen molar-refractivity contribution in [2.45, 2.75) is 13.8 Å². The van der Waals surface area contributed by atoms with Crippen LogP contribution in [0.15, 0.2) is 35.4 Å². The van der Waals surface area contributed by atoms with Gasteiger partial charge in [-0.15, -0.1) is 0 Å². The summed E-state index contributed by atoms with van der Waals surface area (Å²) in [6.45, 7) is 4.32. The van der Waals surface area contributed by atoms with Gasteiger partial charge < -0.3 is 5.01 Å². The van der Waals surface area contributed by atoms with E-state index in [1.165, 1.54) is 5.56 Å². The monoisotopic (exact) mass is 190 g/mol. The molecule has 0 aromatic heterocycles. The second-order valence-electron chi connectivity index (χ2n) is 3.85.